The van der Waals surface area contributed by atoms with E-state index in [9.17, 15) is 4.79 Å². The van der Waals surface area contributed by atoms with Gasteiger partial charge in [-0.1, -0.05) is 12.1 Å². The number of urea groups is 1. The minimum absolute atomic E-state index is 0.196. The van der Waals surface area contributed by atoms with Gasteiger partial charge in [0.05, 0.1) is 19.9 Å². The smallest absolute Gasteiger partial charge is 0.319 e. The zero-order valence-corrected chi connectivity index (χ0v) is 16.5. The van der Waals surface area contributed by atoms with E-state index < -0.39 is 0 Å². The van der Waals surface area contributed by atoms with E-state index in [-0.39, 0.29) is 6.03 Å². The van der Waals surface area contributed by atoms with Crippen LogP contribution in [0.3, 0.4) is 0 Å². The summed E-state index contributed by atoms with van der Waals surface area (Å²) in [7, 11) is 3.32. The van der Waals surface area contributed by atoms with Crippen molar-refractivity contribution in [3.8, 4) is 11.5 Å². The summed E-state index contributed by atoms with van der Waals surface area (Å²) < 4.78 is 10.6. The lowest BCUT2D eigenvalue weighted by Gasteiger charge is -2.36. The summed E-state index contributed by atoms with van der Waals surface area (Å²) >= 11 is 0. The fourth-order valence-corrected chi connectivity index (χ4v) is 3.28. The van der Waals surface area contributed by atoms with Crippen molar-refractivity contribution in [3.05, 3.63) is 48.5 Å². The summed E-state index contributed by atoms with van der Waals surface area (Å²) in [5.41, 5.74) is 1.88. The SMILES string of the molecule is COc1ccc(NC(=O)NCCN2CCN(c3ccccc3OC)CC2)cc1. The lowest BCUT2D eigenvalue weighted by atomic mass is 10.2. The first kappa shape index (κ1) is 19.8. The first-order valence-electron chi connectivity index (χ1n) is 9.49. The van der Waals surface area contributed by atoms with Crippen molar-refractivity contribution in [3.63, 3.8) is 0 Å². The number of ether oxygens (including phenoxy) is 2. The molecular formula is C21H28N4O3. The Labute approximate surface area is 166 Å². The van der Waals surface area contributed by atoms with E-state index in [4.69, 9.17) is 9.47 Å². The number of methoxy groups -OCH3 is 2. The van der Waals surface area contributed by atoms with Gasteiger partial charge in [-0.2, -0.15) is 0 Å². The highest BCUT2D eigenvalue weighted by atomic mass is 16.5. The van der Waals surface area contributed by atoms with Gasteiger partial charge in [-0.15, -0.1) is 0 Å². The highest BCUT2D eigenvalue weighted by Crippen LogP contribution is 2.28. The number of benzene rings is 2. The van der Waals surface area contributed by atoms with E-state index in [2.05, 4.69) is 26.5 Å². The molecule has 0 radical (unpaired) electrons. The van der Waals surface area contributed by atoms with Gasteiger partial charge in [0.15, 0.2) is 0 Å². The Balaban J connectivity index is 1.37. The molecule has 0 aliphatic carbocycles. The van der Waals surface area contributed by atoms with Gasteiger partial charge in [0.25, 0.3) is 0 Å². The molecule has 0 aromatic heterocycles. The predicted molar refractivity (Wildman–Crippen MR) is 112 cm³/mol. The van der Waals surface area contributed by atoms with Crippen molar-refractivity contribution in [1.29, 1.82) is 0 Å². The number of nitrogens with one attached hydrogen (secondary N) is 2. The molecule has 1 aliphatic rings. The van der Waals surface area contributed by atoms with Crippen LogP contribution in [0.2, 0.25) is 0 Å². The molecule has 0 unspecified atom stereocenters. The van der Waals surface area contributed by atoms with Crippen molar-refractivity contribution in [2.45, 2.75) is 0 Å². The number of carbonyl (C=O) groups is 1. The van der Waals surface area contributed by atoms with E-state index in [0.717, 1.165) is 55.6 Å². The van der Waals surface area contributed by atoms with Gasteiger partial charge in [0, 0.05) is 45.0 Å². The Bertz CT molecular complexity index is 759. The number of rotatable bonds is 7. The summed E-state index contributed by atoms with van der Waals surface area (Å²) in [6.07, 6.45) is 0. The molecule has 7 nitrogen and oxygen atoms in total. The lowest BCUT2D eigenvalue weighted by Crippen LogP contribution is -2.48. The zero-order chi connectivity index (χ0) is 19.8. The molecule has 1 saturated heterocycles. The van der Waals surface area contributed by atoms with Crippen molar-refractivity contribution < 1.29 is 14.3 Å². The summed E-state index contributed by atoms with van der Waals surface area (Å²) in [4.78, 5) is 16.7. The van der Waals surface area contributed by atoms with Gasteiger partial charge in [0.1, 0.15) is 11.5 Å². The minimum atomic E-state index is -0.196. The highest BCUT2D eigenvalue weighted by Gasteiger charge is 2.19. The quantitative estimate of drug-likeness (QED) is 0.768. The summed E-state index contributed by atoms with van der Waals surface area (Å²) in [5.74, 6) is 1.67. The zero-order valence-electron chi connectivity index (χ0n) is 16.5. The molecule has 2 N–H and O–H groups in total. The molecule has 2 aromatic carbocycles. The number of carbonyl (C=O) groups excluding carboxylic acids is 1. The van der Waals surface area contributed by atoms with Crippen molar-refractivity contribution in [2.24, 2.45) is 0 Å². The van der Waals surface area contributed by atoms with Crippen LogP contribution in [0.25, 0.3) is 0 Å². The number of amides is 2. The molecule has 2 aromatic rings. The second kappa shape index (κ2) is 9.85. The first-order valence-corrected chi connectivity index (χ1v) is 9.49. The van der Waals surface area contributed by atoms with Crippen molar-refractivity contribution >= 4 is 17.4 Å². The Morgan fingerprint density at radius 2 is 1.68 bits per heavy atom. The van der Waals surface area contributed by atoms with Crippen LogP contribution in [0.15, 0.2) is 48.5 Å². The third-order valence-electron chi connectivity index (χ3n) is 4.86. The van der Waals surface area contributed by atoms with E-state index in [1.165, 1.54) is 0 Å². The normalized spacial score (nSPS) is 14.4. The fraction of sp³-hybridized carbons (Fsp3) is 0.381. The largest absolute Gasteiger partial charge is 0.497 e. The maximum absolute atomic E-state index is 12.0. The third kappa shape index (κ3) is 5.29. The molecule has 150 valence electrons. The number of nitrogens with zero attached hydrogens (tertiary/aromatic N) is 2. The maximum atomic E-state index is 12.0. The molecule has 1 heterocycles. The molecule has 0 saturated carbocycles. The predicted octanol–water partition coefficient (Wildman–Crippen LogP) is 2.65. The van der Waals surface area contributed by atoms with Gasteiger partial charge < -0.3 is 25.0 Å². The molecule has 28 heavy (non-hydrogen) atoms. The molecule has 0 atom stereocenters. The van der Waals surface area contributed by atoms with Gasteiger partial charge >= 0.3 is 6.03 Å². The molecular weight excluding hydrogens is 356 g/mol. The van der Waals surface area contributed by atoms with Crippen LogP contribution in [-0.4, -0.2) is 64.4 Å². The number of hydrogen-bond donors (Lipinski definition) is 2. The van der Waals surface area contributed by atoms with Crippen LogP contribution in [-0.2, 0) is 0 Å². The van der Waals surface area contributed by atoms with Gasteiger partial charge in [-0.25, -0.2) is 4.79 Å². The van der Waals surface area contributed by atoms with Crippen LogP contribution >= 0.6 is 0 Å². The number of hydrogen-bond acceptors (Lipinski definition) is 5. The molecule has 1 fully saturated rings. The Kier molecular flexibility index (Phi) is 6.97. The minimum Gasteiger partial charge on any atom is -0.497 e. The molecule has 2 amide bonds. The fourth-order valence-electron chi connectivity index (χ4n) is 3.28. The summed E-state index contributed by atoms with van der Waals surface area (Å²) in [6.45, 7) is 5.24. The van der Waals surface area contributed by atoms with Gasteiger partial charge in [-0.05, 0) is 36.4 Å². The second-order valence-electron chi connectivity index (χ2n) is 6.61. The molecule has 7 heteroatoms. The summed E-state index contributed by atoms with van der Waals surface area (Å²) in [6, 6.07) is 15.2. The molecule has 0 spiro atoms. The lowest BCUT2D eigenvalue weighted by molar-refractivity contribution is 0.240. The van der Waals surface area contributed by atoms with E-state index in [1.54, 1.807) is 14.2 Å². The van der Waals surface area contributed by atoms with Crippen LogP contribution < -0.4 is 25.0 Å². The molecule has 0 bridgehead atoms. The monoisotopic (exact) mass is 384 g/mol. The number of para-hydroxylation sites is 2. The van der Waals surface area contributed by atoms with Crippen molar-refractivity contribution in [1.82, 2.24) is 10.2 Å². The first-order chi connectivity index (χ1) is 13.7. The Hall–Kier alpha value is -2.93. The number of piperazine rings is 1. The summed E-state index contributed by atoms with van der Waals surface area (Å²) in [5, 5.41) is 5.74. The number of anilines is 2. The molecule has 3 rings (SSSR count). The van der Waals surface area contributed by atoms with Crippen LogP contribution in [0.1, 0.15) is 0 Å². The van der Waals surface area contributed by atoms with E-state index in [0.29, 0.717) is 6.54 Å². The van der Waals surface area contributed by atoms with E-state index in [1.807, 2.05) is 42.5 Å². The van der Waals surface area contributed by atoms with Gasteiger partial charge in [-0.3, -0.25) is 4.90 Å². The maximum Gasteiger partial charge on any atom is 0.319 e. The third-order valence-corrected chi connectivity index (χ3v) is 4.86. The standard InChI is InChI=1S/C21H28N4O3/c1-27-18-9-7-17(8-10-18)23-21(26)22-11-12-24-13-15-25(16-14-24)19-5-3-4-6-20(19)28-2/h3-10H,11-16H2,1-2H3,(H2,22,23,26). The Morgan fingerprint density at radius 3 is 2.36 bits per heavy atom. The van der Waals surface area contributed by atoms with E-state index >= 15 is 0 Å². The van der Waals surface area contributed by atoms with Crippen molar-refractivity contribution in [2.75, 3.05) is 63.7 Å². The second-order valence-corrected chi connectivity index (χ2v) is 6.61. The topological polar surface area (TPSA) is 66.1 Å². The Morgan fingerprint density at radius 1 is 0.964 bits per heavy atom. The van der Waals surface area contributed by atoms with Crippen LogP contribution in [0.5, 0.6) is 11.5 Å². The van der Waals surface area contributed by atoms with Gasteiger partial charge in [0.2, 0.25) is 0 Å². The highest BCUT2D eigenvalue weighted by molar-refractivity contribution is 5.89. The molecule has 1 aliphatic heterocycles. The van der Waals surface area contributed by atoms with Crippen LogP contribution in [0.4, 0.5) is 16.2 Å². The average molecular weight is 384 g/mol. The van der Waals surface area contributed by atoms with Crippen LogP contribution in [0, 0.1) is 0 Å². The average Bonchev–Trinajstić information content (AvgIpc) is 2.75.